The smallest absolute Gasteiger partial charge is 0.248 e. The van der Waals surface area contributed by atoms with Gasteiger partial charge < -0.3 is 15.8 Å². The molecule has 2 aromatic carbocycles. The van der Waals surface area contributed by atoms with Gasteiger partial charge in [0.2, 0.25) is 5.91 Å². The van der Waals surface area contributed by atoms with Gasteiger partial charge in [-0.25, -0.2) is 0 Å². The Balaban J connectivity index is 2.04. The normalized spacial score (nSPS) is 10.1. The van der Waals surface area contributed by atoms with E-state index in [1.165, 1.54) is 0 Å². The summed E-state index contributed by atoms with van der Waals surface area (Å²) in [6.45, 7) is 0.651. The number of ether oxygens (including phenoxy) is 1. The minimum absolute atomic E-state index is 0.416. The number of rotatable bonds is 5. The van der Waals surface area contributed by atoms with Crippen LogP contribution in [0.5, 0.6) is 5.75 Å². The van der Waals surface area contributed by atoms with Crippen LogP contribution in [0.1, 0.15) is 15.9 Å². The zero-order valence-corrected chi connectivity index (χ0v) is 12.6. The maximum absolute atomic E-state index is 11.0. The minimum Gasteiger partial charge on any atom is -0.497 e. The van der Waals surface area contributed by atoms with Crippen molar-refractivity contribution in [3.8, 4) is 5.75 Å². The quantitative estimate of drug-likeness (QED) is 0.882. The number of nitrogens with two attached hydrogens (primary N) is 1. The number of halogens is 1. The Kier molecular flexibility index (Phi) is 4.63. The van der Waals surface area contributed by atoms with Gasteiger partial charge in [-0.15, -0.1) is 0 Å². The van der Waals surface area contributed by atoms with Crippen LogP contribution in [0.3, 0.4) is 0 Å². The molecule has 0 heterocycles. The van der Waals surface area contributed by atoms with Crippen LogP contribution >= 0.6 is 15.9 Å². The van der Waals surface area contributed by atoms with Crippen LogP contribution in [-0.4, -0.2) is 13.0 Å². The first-order valence-corrected chi connectivity index (χ1v) is 6.85. The largest absolute Gasteiger partial charge is 0.497 e. The highest BCUT2D eigenvalue weighted by Crippen LogP contribution is 2.24. The second-order valence-electron chi connectivity index (χ2n) is 4.29. The van der Waals surface area contributed by atoms with Gasteiger partial charge in [0.1, 0.15) is 5.75 Å². The number of carbonyl (C=O) groups excluding carboxylic acids is 1. The van der Waals surface area contributed by atoms with Crippen molar-refractivity contribution in [1.29, 1.82) is 0 Å². The predicted molar refractivity (Wildman–Crippen MR) is 83.0 cm³/mol. The topological polar surface area (TPSA) is 64.3 Å². The molecular formula is C15H15BrN2O2. The van der Waals surface area contributed by atoms with Crippen LogP contribution in [0.25, 0.3) is 0 Å². The zero-order chi connectivity index (χ0) is 14.5. The molecule has 20 heavy (non-hydrogen) atoms. The Hall–Kier alpha value is -2.01. The van der Waals surface area contributed by atoms with E-state index < -0.39 is 5.91 Å². The van der Waals surface area contributed by atoms with Gasteiger partial charge in [-0.2, -0.15) is 0 Å². The van der Waals surface area contributed by atoms with Gasteiger partial charge in [-0.1, -0.05) is 28.1 Å². The van der Waals surface area contributed by atoms with E-state index in [0.29, 0.717) is 12.1 Å². The molecule has 0 aliphatic heterocycles. The number of carbonyl (C=O) groups is 1. The van der Waals surface area contributed by atoms with Crippen LogP contribution in [0.15, 0.2) is 46.9 Å². The van der Waals surface area contributed by atoms with Crippen molar-refractivity contribution >= 4 is 27.5 Å². The SMILES string of the molecule is COc1cc(Br)cc(NCc2ccc(C(N)=O)cc2)c1. The van der Waals surface area contributed by atoms with Crippen LogP contribution in [0.2, 0.25) is 0 Å². The number of hydrogen-bond donors (Lipinski definition) is 2. The molecule has 0 unspecified atom stereocenters. The molecule has 0 aliphatic carbocycles. The number of anilines is 1. The molecule has 4 nitrogen and oxygen atoms in total. The number of primary amides is 1. The Labute approximate surface area is 126 Å². The fourth-order valence-corrected chi connectivity index (χ4v) is 2.25. The summed E-state index contributed by atoms with van der Waals surface area (Å²) in [5.41, 5.74) is 7.73. The second kappa shape index (κ2) is 6.43. The third kappa shape index (κ3) is 3.74. The van der Waals surface area contributed by atoms with Gasteiger partial charge in [0.25, 0.3) is 0 Å². The Morgan fingerprint density at radius 2 is 1.95 bits per heavy atom. The van der Waals surface area contributed by atoms with Crippen molar-refractivity contribution < 1.29 is 9.53 Å². The van der Waals surface area contributed by atoms with Gasteiger partial charge in [0, 0.05) is 28.3 Å². The van der Waals surface area contributed by atoms with E-state index in [1.807, 2.05) is 30.3 Å². The maximum atomic E-state index is 11.0. The lowest BCUT2D eigenvalue weighted by molar-refractivity contribution is 0.100. The molecule has 2 rings (SSSR count). The summed E-state index contributed by atoms with van der Waals surface area (Å²) >= 11 is 3.43. The van der Waals surface area contributed by atoms with E-state index in [0.717, 1.165) is 21.5 Å². The molecule has 0 fully saturated rings. The summed E-state index contributed by atoms with van der Waals surface area (Å²) in [6.07, 6.45) is 0. The second-order valence-corrected chi connectivity index (χ2v) is 5.21. The molecule has 0 saturated heterocycles. The summed E-state index contributed by atoms with van der Waals surface area (Å²) in [6, 6.07) is 13.0. The first-order chi connectivity index (χ1) is 9.58. The van der Waals surface area contributed by atoms with E-state index in [-0.39, 0.29) is 0 Å². The fraction of sp³-hybridized carbons (Fsp3) is 0.133. The molecule has 1 amide bonds. The van der Waals surface area contributed by atoms with Crippen molar-refractivity contribution in [3.63, 3.8) is 0 Å². The summed E-state index contributed by atoms with van der Waals surface area (Å²) in [4.78, 5) is 11.0. The maximum Gasteiger partial charge on any atom is 0.248 e. The minimum atomic E-state index is -0.416. The number of benzene rings is 2. The molecule has 104 valence electrons. The standard InChI is InChI=1S/C15H15BrN2O2/c1-20-14-7-12(16)6-13(8-14)18-9-10-2-4-11(5-3-10)15(17)19/h2-8,18H,9H2,1H3,(H2,17,19). The summed E-state index contributed by atoms with van der Waals surface area (Å²) < 4.78 is 6.16. The Morgan fingerprint density at radius 1 is 1.25 bits per heavy atom. The zero-order valence-electron chi connectivity index (χ0n) is 11.0. The third-order valence-corrected chi connectivity index (χ3v) is 3.30. The molecule has 0 radical (unpaired) electrons. The highest BCUT2D eigenvalue weighted by molar-refractivity contribution is 9.10. The molecule has 0 aromatic heterocycles. The van der Waals surface area contributed by atoms with Crippen molar-refractivity contribution in [1.82, 2.24) is 0 Å². The highest BCUT2D eigenvalue weighted by atomic mass is 79.9. The molecule has 5 heteroatoms. The van der Waals surface area contributed by atoms with Gasteiger partial charge in [-0.05, 0) is 29.8 Å². The van der Waals surface area contributed by atoms with Crippen molar-refractivity contribution in [2.24, 2.45) is 5.73 Å². The van der Waals surface area contributed by atoms with E-state index >= 15 is 0 Å². The average molecular weight is 335 g/mol. The lowest BCUT2D eigenvalue weighted by Gasteiger charge is -2.09. The number of nitrogens with one attached hydrogen (secondary N) is 1. The lowest BCUT2D eigenvalue weighted by atomic mass is 10.1. The predicted octanol–water partition coefficient (Wildman–Crippen LogP) is 3.17. The van der Waals surface area contributed by atoms with E-state index in [4.69, 9.17) is 10.5 Å². The molecule has 0 saturated carbocycles. The molecule has 0 aliphatic rings. The Morgan fingerprint density at radius 3 is 2.55 bits per heavy atom. The van der Waals surface area contributed by atoms with Crippen molar-refractivity contribution in [3.05, 3.63) is 58.1 Å². The van der Waals surface area contributed by atoms with Gasteiger partial charge in [0.15, 0.2) is 0 Å². The molecule has 0 bridgehead atoms. The first-order valence-electron chi connectivity index (χ1n) is 6.05. The van der Waals surface area contributed by atoms with Crippen LogP contribution in [0, 0.1) is 0 Å². The molecular weight excluding hydrogens is 320 g/mol. The number of hydrogen-bond acceptors (Lipinski definition) is 3. The van der Waals surface area contributed by atoms with Gasteiger partial charge in [-0.3, -0.25) is 4.79 Å². The van der Waals surface area contributed by atoms with Gasteiger partial charge >= 0.3 is 0 Å². The first kappa shape index (κ1) is 14.4. The molecule has 2 aromatic rings. The lowest BCUT2D eigenvalue weighted by Crippen LogP contribution is -2.10. The Bertz CT molecular complexity index is 612. The van der Waals surface area contributed by atoms with Gasteiger partial charge in [0.05, 0.1) is 7.11 Å². The van der Waals surface area contributed by atoms with Crippen LogP contribution in [-0.2, 0) is 6.54 Å². The highest BCUT2D eigenvalue weighted by Gasteiger charge is 2.02. The van der Waals surface area contributed by atoms with E-state index in [2.05, 4.69) is 21.2 Å². The molecule has 3 N–H and O–H groups in total. The fourth-order valence-electron chi connectivity index (χ4n) is 1.77. The summed E-state index contributed by atoms with van der Waals surface area (Å²) in [5.74, 6) is 0.368. The summed E-state index contributed by atoms with van der Waals surface area (Å²) in [7, 11) is 1.63. The van der Waals surface area contributed by atoms with Crippen molar-refractivity contribution in [2.45, 2.75) is 6.54 Å². The van der Waals surface area contributed by atoms with E-state index in [1.54, 1.807) is 19.2 Å². The average Bonchev–Trinajstić information content (AvgIpc) is 2.45. The third-order valence-electron chi connectivity index (χ3n) is 2.84. The molecule has 0 spiro atoms. The number of amides is 1. The van der Waals surface area contributed by atoms with Crippen LogP contribution < -0.4 is 15.8 Å². The van der Waals surface area contributed by atoms with Crippen molar-refractivity contribution in [2.75, 3.05) is 12.4 Å². The molecule has 0 atom stereocenters. The monoisotopic (exact) mass is 334 g/mol. The number of methoxy groups -OCH3 is 1. The summed E-state index contributed by atoms with van der Waals surface area (Å²) in [5, 5.41) is 3.30. The van der Waals surface area contributed by atoms with E-state index in [9.17, 15) is 4.79 Å². The van der Waals surface area contributed by atoms with Crippen LogP contribution in [0.4, 0.5) is 5.69 Å².